The Bertz CT molecular complexity index is 456. The summed E-state index contributed by atoms with van der Waals surface area (Å²) in [5, 5.41) is 0. The monoisotopic (exact) mass is 443 g/mol. The van der Waals surface area contributed by atoms with E-state index in [-0.39, 0.29) is 7.92 Å². The van der Waals surface area contributed by atoms with Gasteiger partial charge in [-0.15, -0.1) is 0 Å². The van der Waals surface area contributed by atoms with Crippen molar-refractivity contribution in [3.63, 3.8) is 0 Å². The van der Waals surface area contributed by atoms with Gasteiger partial charge >= 0.3 is 33.0 Å². The molecule has 0 spiro atoms. The molecular weight excluding hydrogens is 415 g/mol. The second kappa shape index (κ2) is 13.5. The zero-order valence-electron chi connectivity index (χ0n) is 14.9. The molecule has 5 heteroatoms. The van der Waals surface area contributed by atoms with Crippen molar-refractivity contribution < 1.29 is 12.7 Å². The third-order valence-electron chi connectivity index (χ3n) is 5.32. The van der Waals surface area contributed by atoms with Crippen molar-refractivity contribution in [1.82, 2.24) is 4.98 Å². The molecule has 144 valence electrons. The topological polar surface area (TPSA) is 12.9 Å². The molecule has 0 N–H and O–H groups in total. The van der Waals surface area contributed by atoms with Gasteiger partial charge in [-0.25, -0.2) is 0 Å². The van der Waals surface area contributed by atoms with Gasteiger partial charge in [-0.3, -0.25) is 4.98 Å². The molecule has 0 radical (unpaired) electrons. The summed E-state index contributed by atoms with van der Waals surface area (Å²) in [7, 11) is 9.50. The van der Waals surface area contributed by atoms with Gasteiger partial charge in [0.2, 0.25) is 0 Å². The molecule has 2 aliphatic carbocycles. The first kappa shape index (κ1) is 21.7. The quantitative estimate of drug-likeness (QED) is 0.335. The van der Waals surface area contributed by atoms with Gasteiger partial charge in [-0.05, 0) is 49.1 Å². The summed E-state index contributed by atoms with van der Waals surface area (Å²) in [6, 6.07) is 6.25. The number of pyridine rings is 1. The van der Waals surface area contributed by atoms with Crippen LogP contribution in [0.4, 0.5) is 0 Å². The molecule has 1 nitrogen and oxygen atoms in total. The summed E-state index contributed by atoms with van der Waals surface area (Å²) in [6.07, 6.45) is 20.2. The van der Waals surface area contributed by atoms with Crippen LogP contribution >= 0.6 is 28.3 Å². The Morgan fingerprint density at radius 3 is 2.00 bits per heavy atom. The number of rotatable bonds is 5. The number of allylic oxidation sites excluding steroid dienone is 1. The van der Waals surface area contributed by atoms with Crippen molar-refractivity contribution in [2.45, 2.75) is 81.9 Å². The molecule has 2 fully saturated rings. The van der Waals surface area contributed by atoms with Crippen LogP contribution in [0.3, 0.4) is 0 Å². The number of aromatic nitrogens is 1. The van der Waals surface area contributed by atoms with Crippen LogP contribution in [-0.2, 0) is 19.1 Å². The van der Waals surface area contributed by atoms with E-state index in [9.17, 15) is 0 Å². The van der Waals surface area contributed by atoms with Crippen molar-refractivity contribution in [2.24, 2.45) is 0 Å². The molecule has 0 atom stereocenters. The van der Waals surface area contributed by atoms with Crippen molar-refractivity contribution in [1.29, 1.82) is 0 Å². The third-order valence-corrected chi connectivity index (χ3v) is 8.60. The number of nitrogens with zero attached hydrogens (tertiary/aromatic N) is 1. The Labute approximate surface area is 169 Å². The van der Waals surface area contributed by atoms with Gasteiger partial charge in [-0.2, -0.15) is 0 Å². The molecule has 25 heavy (non-hydrogen) atoms. The summed E-state index contributed by atoms with van der Waals surface area (Å²) in [5.41, 5.74) is 3.25. The Hall–Kier alpha value is 0.394. The first-order valence-electron chi connectivity index (χ1n) is 9.51. The predicted octanol–water partition coefficient (Wildman–Crippen LogP) is 7.66. The summed E-state index contributed by atoms with van der Waals surface area (Å²) in [6.45, 7) is 0. The fraction of sp³-hybridized carbons (Fsp3) is 0.650. The van der Waals surface area contributed by atoms with E-state index in [1.54, 1.807) is 0 Å². The van der Waals surface area contributed by atoms with Crippen LogP contribution in [0.15, 0.2) is 36.3 Å². The third kappa shape index (κ3) is 8.30. The molecule has 0 bridgehead atoms. The van der Waals surface area contributed by atoms with Crippen LogP contribution in [0.5, 0.6) is 0 Å². The molecule has 0 amide bonds. The van der Waals surface area contributed by atoms with Crippen molar-refractivity contribution >= 4 is 28.3 Å². The molecule has 0 saturated heterocycles. The molecule has 2 saturated carbocycles. The van der Waals surface area contributed by atoms with Gasteiger partial charge in [0.25, 0.3) is 0 Å². The second-order valence-electron chi connectivity index (χ2n) is 6.99. The SMILES string of the molecule is C(=CP(C1CCCCC1)C1CCCCC1)Cc1ccccn1.[Cl][Ni][Cl]. The average molecular weight is 445 g/mol. The maximum absolute atomic E-state index is 4.70. The zero-order chi connectivity index (χ0) is 17.7. The van der Waals surface area contributed by atoms with Crippen LogP contribution in [0, 0.1) is 0 Å². The summed E-state index contributed by atoms with van der Waals surface area (Å²) in [4.78, 5) is 4.46. The van der Waals surface area contributed by atoms with Crippen LogP contribution in [0.2, 0.25) is 0 Å². The molecule has 1 aromatic rings. The average Bonchev–Trinajstić information content (AvgIpc) is 2.68. The van der Waals surface area contributed by atoms with E-state index < -0.39 is 0 Å². The molecular formula is C20H30Cl2NNiP. The maximum atomic E-state index is 4.70. The Morgan fingerprint density at radius 2 is 1.52 bits per heavy atom. The molecule has 0 unspecified atom stereocenters. The molecule has 1 heterocycles. The summed E-state index contributed by atoms with van der Waals surface area (Å²) < 4.78 is 0. The van der Waals surface area contributed by atoms with Crippen molar-refractivity contribution in [3.8, 4) is 0 Å². The Kier molecular flexibility index (Phi) is 11.8. The Morgan fingerprint density at radius 1 is 0.960 bits per heavy atom. The minimum atomic E-state index is 0.0984. The summed E-state index contributed by atoms with van der Waals surface area (Å²) in [5.74, 6) is 2.65. The van der Waals surface area contributed by atoms with Gasteiger partial charge in [0.1, 0.15) is 0 Å². The Balaban J connectivity index is 0.000000701. The van der Waals surface area contributed by atoms with E-state index in [0.29, 0.717) is 12.7 Å². The van der Waals surface area contributed by atoms with E-state index in [2.05, 4.69) is 29.0 Å². The fourth-order valence-electron chi connectivity index (χ4n) is 4.11. The zero-order valence-corrected chi connectivity index (χ0v) is 18.3. The molecule has 2 aliphatic rings. The normalized spacial score (nSPS) is 20.0. The first-order valence-corrected chi connectivity index (χ1v) is 13.8. The summed E-state index contributed by atoms with van der Waals surface area (Å²) >= 11 is 0.569. The number of hydrogen-bond acceptors (Lipinski definition) is 1. The van der Waals surface area contributed by atoms with Crippen LogP contribution in [0.1, 0.15) is 69.9 Å². The van der Waals surface area contributed by atoms with Crippen LogP contribution < -0.4 is 0 Å². The van der Waals surface area contributed by atoms with Gasteiger partial charge < -0.3 is 0 Å². The fourth-order valence-corrected chi connectivity index (χ4v) is 7.47. The van der Waals surface area contributed by atoms with Gasteiger partial charge in [0, 0.05) is 18.3 Å². The van der Waals surface area contributed by atoms with Crippen molar-refractivity contribution in [3.05, 3.63) is 42.0 Å². The van der Waals surface area contributed by atoms with Gasteiger partial charge in [0.05, 0.1) is 0 Å². The predicted molar refractivity (Wildman–Crippen MR) is 109 cm³/mol. The van der Waals surface area contributed by atoms with E-state index in [4.69, 9.17) is 20.4 Å². The van der Waals surface area contributed by atoms with Crippen LogP contribution in [0.25, 0.3) is 0 Å². The standard InChI is InChI=1S/C20H30NP.2ClH.Ni/c1-3-12-19(13-4-1)22(20-14-5-2-6-15-20)17-9-11-18-10-7-8-16-21-18;;;/h7-10,16-17,19-20H,1-6,11-15H2;2*1H;/q;;;+2/p-2. The molecule has 0 aromatic carbocycles. The number of hydrogen-bond donors (Lipinski definition) is 0. The van der Waals surface area contributed by atoms with E-state index in [0.717, 1.165) is 17.7 Å². The van der Waals surface area contributed by atoms with E-state index in [1.807, 2.05) is 12.3 Å². The molecule has 0 aliphatic heterocycles. The second-order valence-corrected chi connectivity index (χ2v) is 11.3. The van der Waals surface area contributed by atoms with Gasteiger partial charge in [0.15, 0.2) is 0 Å². The first-order chi connectivity index (χ1) is 12.3. The molecule has 1 aromatic heterocycles. The van der Waals surface area contributed by atoms with E-state index >= 15 is 0 Å². The van der Waals surface area contributed by atoms with Crippen LogP contribution in [-0.4, -0.2) is 16.3 Å². The van der Waals surface area contributed by atoms with Crippen molar-refractivity contribution in [2.75, 3.05) is 0 Å². The van der Waals surface area contributed by atoms with Gasteiger partial charge in [-0.1, -0.05) is 64.4 Å². The molecule has 3 rings (SSSR count). The van der Waals surface area contributed by atoms with E-state index in [1.165, 1.54) is 69.9 Å². The number of halogens is 2. The minimum absolute atomic E-state index is 0.0984.